The molecule has 2 aliphatic heterocycles. The molecule has 12 heteroatoms. The first-order valence-corrected chi connectivity index (χ1v) is 9.91. The first-order valence-electron chi connectivity index (χ1n) is 9.91. The number of nitrogens with zero attached hydrogens (tertiary/aromatic N) is 3. The molecule has 2 aliphatic rings. The van der Waals surface area contributed by atoms with Crippen LogP contribution in [0.3, 0.4) is 0 Å². The lowest BCUT2D eigenvalue weighted by molar-refractivity contribution is -0.192. The van der Waals surface area contributed by atoms with E-state index in [-0.39, 0.29) is 11.8 Å². The van der Waals surface area contributed by atoms with E-state index in [1.165, 1.54) is 0 Å². The Kier molecular flexibility index (Phi) is 7.67. The van der Waals surface area contributed by atoms with E-state index in [9.17, 15) is 18.0 Å². The Morgan fingerprint density at radius 2 is 2.00 bits per heavy atom. The Labute approximate surface area is 181 Å². The molecule has 32 heavy (non-hydrogen) atoms. The Morgan fingerprint density at radius 1 is 1.28 bits per heavy atom. The van der Waals surface area contributed by atoms with Crippen LogP contribution in [0, 0.1) is 5.92 Å². The fraction of sp³-hybridized carbons (Fsp3) is 0.500. The van der Waals surface area contributed by atoms with Crippen molar-refractivity contribution in [1.29, 1.82) is 0 Å². The number of hydrogen-bond acceptors (Lipinski definition) is 7. The number of carboxylic acids is 1. The van der Waals surface area contributed by atoms with E-state index in [1.54, 1.807) is 12.4 Å². The van der Waals surface area contributed by atoms with Crippen molar-refractivity contribution in [2.45, 2.75) is 38.6 Å². The van der Waals surface area contributed by atoms with E-state index in [4.69, 9.17) is 23.9 Å². The molecule has 2 aromatic heterocycles. The predicted molar refractivity (Wildman–Crippen MR) is 101 cm³/mol. The van der Waals surface area contributed by atoms with Gasteiger partial charge in [0.25, 0.3) is 0 Å². The van der Waals surface area contributed by atoms with Gasteiger partial charge in [-0.25, -0.2) is 4.79 Å². The molecule has 0 unspecified atom stereocenters. The summed E-state index contributed by atoms with van der Waals surface area (Å²) in [5.41, 5.74) is 1.74. The molecule has 0 saturated carbocycles. The molecule has 1 fully saturated rings. The van der Waals surface area contributed by atoms with Crippen molar-refractivity contribution >= 4 is 11.9 Å². The summed E-state index contributed by atoms with van der Waals surface area (Å²) in [6.07, 6.45) is 0.591. The molecule has 2 aromatic rings. The van der Waals surface area contributed by atoms with Crippen LogP contribution < -0.4 is 4.74 Å². The molecule has 1 N–H and O–H groups in total. The second-order valence-electron chi connectivity index (χ2n) is 7.21. The molecule has 4 rings (SSSR count). The van der Waals surface area contributed by atoms with Gasteiger partial charge in [0.15, 0.2) is 0 Å². The molecule has 0 atom stereocenters. The zero-order valence-corrected chi connectivity index (χ0v) is 17.0. The summed E-state index contributed by atoms with van der Waals surface area (Å²) in [6.45, 7) is 2.88. The topological polar surface area (TPSA) is 115 Å². The Hall–Kier alpha value is -3.15. The number of rotatable bonds is 4. The van der Waals surface area contributed by atoms with Crippen molar-refractivity contribution in [3.63, 3.8) is 0 Å². The largest absolute Gasteiger partial charge is 0.490 e. The standard InChI is InChI=1S/C18H21N3O4.C2HF3O2/c22-18(13-4-8-23-9-5-13)21-7-3-17-15(11-21)16(20-25-17)12-24-14-2-1-6-19-10-14;3-2(4,5)1(6)7/h1-2,6,10,13H,3-5,7-9,11-12H2;(H,6,7). The van der Waals surface area contributed by atoms with Gasteiger partial charge in [-0.05, 0) is 25.0 Å². The lowest BCUT2D eigenvalue weighted by Gasteiger charge is -2.31. The van der Waals surface area contributed by atoms with Crippen LogP contribution in [0.1, 0.15) is 29.9 Å². The molecule has 0 spiro atoms. The smallest absolute Gasteiger partial charge is 0.486 e. The van der Waals surface area contributed by atoms with Gasteiger partial charge in [0, 0.05) is 43.9 Å². The van der Waals surface area contributed by atoms with E-state index in [0.717, 1.165) is 29.9 Å². The van der Waals surface area contributed by atoms with Gasteiger partial charge in [-0.3, -0.25) is 9.78 Å². The minimum absolute atomic E-state index is 0.0743. The third-order valence-corrected chi connectivity index (χ3v) is 5.04. The summed E-state index contributed by atoms with van der Waals surface area (Å²) in [4.78, 5) is 27.6. The summed E-state index contributed by atoms with van der Waals surface area (Å²) < 4.78 is 48.3. The quantitative estimate of drug-likeness (QED) is 0.745. The van der Waals surface area contributed by atoms with Crippen molar-refractivity contribution in [1.82, 2.24) is 15.0 Å². The number of aromatic nitrogens is 2. The number of pyridine rings is 1. The second kappa shape index (κ2) is 10.4. The van der Waals surface area contributed by atoms with Crippen LogP contribution in [0.4, 0.5) is 13.2 Å². The van der Waals surface area contributed by atoms with Crippen molar-refractivity contribution in [2.24, 2.45) is 5.92 Å². The van der Waals surface area contributed by atoms with Crippen molar-refractivity contribution in [3.8, 4) is 5.75 Å². The SMILES string of the molecule is O=C(C1CCOCC1)N1CCc2onc(COc3cccnc3)c2C1.O=C(O)C(F)(F)F. The number of ether oxygens (including phenoxy) is 2. The van der Waals surface area contributed by atoms with E-state index < -0.39 is 12.1 Å². The van der Waals surface area contributed by atoms with Crippen molar-refractivity contribution < 1.29 is 41.9 Å². The summed E-state index contributed by atoms with van der Waals surface area (Å²) in [5, 5.41) is 11.3. The third kappa shape index (κ3) is 6.19. The first kappa shape index (κ1) is 23.5. The van der Waals surface area contributed by atoms with Crippen molar-refractivity contribution in [3.05, 3.63) is 41.5 Å². The number of hydrogen-bond donors (Lipinski definition) is 1. The summed E-state index contributed by atoms with van der Waals surface area (Å²) >= 11 is 0. The van der Waals surface area contributed by atoms with Gasteiger partial charge in [-0.15, -0.1) is 0 Å². The number of alkyl halides is 3. The van der Waals surface area contributed by atoms with E-state index in [0.29, 0.717) is 45.1 Å². The highest BCUT2D eigenvalue weighted by atomic mass is 19.4. The number of halogens is 3. The maximum Gasteiger partial charge on any atom is 0.490 e. The fourth-order valence-electron chi connectivity index (χ4n) is 3.35. The normalized spacial score (nSPS) is 16.5. The molecule has 0 aliphatic carbocycles. The monoisotopic (exact) mass is 457 g/mol. The summed E-state index contributed by atoms with van der Waals surface area (Å²) in [6, 6.07) is 3.67. The number of carbonyl (C=O) groups excluding carboxylic acids is 1. The molecule has 9 nitrogen and oxygen atoms in total. The number of amides is 1. The first-order chi connectivity index (χ1) is 15.3. The van der Waals surface area contributed by atoms with Crippen LogP contribution in [-0.2, 0) is 33.9 Å². The zero-order valence-electron chi connectivity index (χ0n) is 17.0. The highest BCUT2D eigenvalue weighted by molar-refractivity contribution is 5.79. The molecular formula is C20H22F3N3O6. The fourth-order valence-corrected chi connectivity index (χ4v) is 3.35. The van der Waals surface area contributed by atoms with Crippen LogP contribution in [0.2, 0.25) is 0 Å². The van der Waals surface area contributed by atoms with Gasteiger partial charge in [0.2, 0.25) is 5.91 Å². The number of carboxylic acid groups (broad SMARTS) is 1. The highest BCUT2D eigenvalue weighted by Crippen LogP contribution is 2.26. The van der Waals surface area contributed by atoms with E-state index >= 15 is 0 Å². The van der Waals surface area contributed by atoms with Gasteiger partial charge in [0.05, 0.1) is 12.7 Å². The van der Waals surface area contributed by atoms with Gasteiger partial charge >= 0.3 is 12.1 Å². The van der Waals surface area contributed by atoms with Crippen LogP contribution in [0.5, 0.6) is 5.75 Å². The maximum absolute atomic E-state index is 12.8. The Balaban J connectivity index is 0.000000360. The number of carbonyl (C=O) groups is 2. The second-order valence-corrected chi connectivity index (χ2v) is 7.21. The zero-order chi connectivity index (χ0) is 23.1. The molecule has 0 bridgehead atoms. The van der Waals surface area contributed by atoms with Gasteiger partial charge in [-0.1, -0.05) is 5.16 Å². The highest BCUT2D eigenvalue weighted by Gasteiger charge is 2.38. The molecule has 4 heterocycles. The molecule has 0 aromatic carbocycles. The molecule has 1 saturated heterocycles. The lowest BCUT2D eigenvalue weighted by Crippen LogP contribution is -2.41. The number of fused-ring (bicyclic) bond motifs is 1. The van der Waals surface area contributed by atoms with Crippen molar-refractivity contribution in [2.75, 3.05) is 19.8 Å². The average Bonchev–Trinajstić information content (AvgIpc) is 3.20. The van der Waals surface area contributed by atoms with E-state index in [1.807, 2.05) is 17.0 Å². The predicted octanol–water partition coefficient (Wildman–Crippen LogP) is 2.59. The average molecular weight is 457 g/mol. The van der Waals surface area contributed by atoms with E-state index in [2.05, 4.69) is 10.1 Å². The summed E-state index contributed by atoms with van der Waals surface area (Å²) in [5.74, 6) is -0.918. The van der Waals surface area contributed by atoms with Gasteiger partial charge in [0.1, 0.15) is 23.8 Å². The number of aliphatic carboxylic acids is 1. The lowest BCUT2D eigenvalue weighted by atomic mass is 9.96. The van der Waals surface area contributed by atoms with Gasteiger partial charge in [-0.2, -0.15) is 13.2 Å². The minimum Gasteiger partial charge on any atom is -0.486 e. The van der Waals surface area contributed by atoms with Gasteiger partial charge < -0.3 is 24.0 Å². The van der Waals surface area contributed by atoms with Crippen LogP contribution in [0.15, 0.2) is 29.0 Å². The van der Waals surface area contributed by atoms with Crippen LogP contribution >= 0.6 is 0 Å². The molecule has 174 valence electrons. The minimum atomic E-state index is -5.08. The Bertz CT molecular complexity index is 913. The summed E-state index contributed by atoms with van der Waals surface area (Å²) in [7, 11) is 0. The van der Waals surface area contributed by atoms with Crippen LogP contribution in [0.25, 0.3) is 0 Å². The third-order valence-electron chi connectivity index (χ3n) is 5.04. The Morgan fingerprint density at radius 3 is 2.62 bits per heavy atom. The maximum atomic E-state index is 12.8. The molecule has 1 amide bonds. The molecule has 0 radical (unpaired) electrons. The van der Waals surface area contributed by atoms with Crippen LogP contribution in [-0.4, -0.2) is 58.0 Å². The molecular weight excluding hydrogens is 435 g/mol.